The lowest BCUT2D eigenvalue weighted by molar-refractivity contribution is -0.396. The van der Waals surface area contributed by atoms with Gasteiger partial charge >= 0.3 is 0 Å². The molecule has 0 fully saturated rings. The number of hydrogen-bond donors (Lipinski definition) is 6. The molecular weight excluding hydrogens is 492 g/mol. The van der Waals surface area contributed by atoms with E-state index in [4.69, 9.17) is 0 Å². The standard InChI is InChI=1S/6C2H5NO2.6CH4/c6*3-1-2(4)5;;;;;;/h6*1,3H2,(H,4,5);6*1H4. The lowest BCUT2D eigenvalue weighted by Gasteiger charge is -1.84. The lowest BCUT2D eigenvalue weighted by Crippen LogP contribution is -2.58. The normalized spacial score (nSPS) is 6.17. The van der Waals surface area contributed by atoms with Crippen molar-refractivity contribution in [2.75, 3.05) is 39.3 Å². The van der Waals surface area contributed by atoms with Crippen LogP contribution in [0.15, 0.2) is 0 Å². The zero-order valence-electron chi connectivity index (χ0n) is 16.4. The highest BCUT2D eigenvalue weighted by molar-refractivity contribution is 5.65. The maximum Gasteiger partial charge on any atom is 0.114 e. The predicted octanol–water partition coefficient (Wildman–Crippen LogP) is -14.3. The molecule has 0 aliphatic carbocycles. The Labute approximate surface area is 214 Å². The van der Waals surface area contributed by atoms with Gasteiger partial charge in [0.1, 0.15) is 39.3 Å². The molecule has 18 heteroatoms. The fourth-order valence-corrected chi connectivity index (χ4v) is 0. The Morgan fingerprint density at radius 2 is 0.333 bits per heavy atom. The zero-order chi connectivity index (χ0) is 25.7. The third kappa shape index (κ3) is 363. The molecule has 18 nitrogen and oxygen atoms in total. The van der Waals surface area contributed by atoms with Crippen molar-refractivity contribution < 1.29 is 93.8 Å². The molecule has 228 valence electrons. The van der Waals surface area contributed by atoms with Gasteiger partial charge in [-0.05, 0) is 0 Å². The van der Waals surface area contributed by atoms with Crippen LogP contribution in [0.3, 0.4) is 0 Å². The van der Waals surface area contributed by atoms with Crippen molar-refractivity contribution in [2.24, 2.45) is 0 Å². The van der Waals surface area contributed by atoms with Crippen LogP contribution >= 0.6 is 0 Å². The highest BCUT2D eigenvalue weighted by atomic mass is 16.4. The molecule has 0 saturated carbocycles. The summed E-state index contributed by atoms with van der Waals surface area (Å²) in [6.45, 7) is -0.833. The van der Waals surface area contributed by atoms with Gasteiger partial charge in [0.25, 0.3) is 0 Å². The van der Waals surface area contributed by atoms with E-state index >= 15 is 0 Å². The fraction of sp³-hybridized carbons (Fsp3) is 0.667. The molecule has 36 heavy (non-hydrogen) atoms. The SMILES string of the molecule is C.C.C.C.C.C.[NH3+]CC(=O)[O-].[NH3+]CC(=O)[O-].[NH3+]CC(=O)[O-].[NH3+]CC(=O)[O-].[NH3+]CC(=O)[O-].[NH3+]CC(=O)[O-]. The van der Waals surface area contributed by atoms with Crippen molar-refractivity contribution in [1.82, 2.24) is 0 Å². The Morgan fingerprint density at radius 3 is 0.333 bits per heavy atom. The van der Waals surface area contributed by atoms with E-state index in [0.29, 0.717) is 0 Å². The maximum atomic E-state index is 9.19. The van der Waals surface area contributed by atoms with Gasteiger partial charge in [-0.15, -0.1) is 0 Å². The van der Waals surface area contributed by atoms with Crippen molar-refractivity contribution in [2.45, 2.75) is 44.6 Å². The number of rotatable bonds is 6. The third-order valence-electron chi connectivity index (χ3n) is 1.22. The molecule has 18 N–H and O–H groups in total. The molecule has 0 aromatic carbocycles. The number of carbonyl (C=O) groups excluding carboxylic acids is 6. The van der Waals surface area contributed by atoms with Crippen LogP contribution in [0, 0.1) is 0 Å². The average molecular weight is 547 g/mol. The van der Waals surface area contributed by atoms with Crippen LogP contribution in [-0.4, -0.2) is 75.1 Å². The van der Waals surface area contributed by atoms with E-state index < -0.39 is 35.8 Å². The second kappa shape index (κ2) is 69.7. The van der Waals surface area contributed by atoms with Gasteiger partial charge in [0, 0.05) is 0 Å². The van der Waals surface area contributed by atoms with Gasteiger partial charge in [-0.25, -0.2) is 0 Å². The zero-order valence-corrected chi connectivity index (χ0v) is 16.4. The summed E-state index contributed by atoms with van der Waals surface area (Å²) in [7, 11) is 0. The first kappa shape index (κ1) is 76.7. The molecule has 0 saturated heterocycles. The molecule has 0 aliphatic rings. The monoisotopic (exact) mass is 546 g/mol. The summed E-state index contributed by atoms with van der Waals surface area (Å²) in [6, 6.07) is 0. The topological polar surface area (TPSA) is 407 Å². The second-order valence-electron chi connectivity index (χ2n) is 3.73. The minimum absolute atomic E-state index is 0. The van der Waals surface area contributed by atoms with E-state index in [-0.39, 0.29) is 83.8 Å². The van der Waals surface area contributed by atoms with Crippen molar-refractivity contribution in [3.8, 4) is 0 Å². The van der Waals surface area contributed by atoms with Crippen molar-refractivity contribution in [3.05, 3.63) is 0 Å². The molecule has 0 amide bonds. The summed E-state index contributed by atoms with van der Waals surface area (Å²) in [5, 5.41) is 55.2. The van der Waals surface area contributed by atoms with Crippen LogP contribution in [0.1, 0.15) is 44.6 Å². The predicted molar refractivity (Wildman–Crippen MR) is 117 cm³/mol. The van der Waals surface area contributed by atoms with Gasteiger partial charge in [0.15, 0.2) is 0 Å². The number of aliphatic carboxylic acids is 6. The van der Waals surface area contributed by atoms with Crippen LogP contribution in [-0.2, 0) is 28.8 Å². The fourth-order valence-electron chi connectivity index (χ4n) is 0. The van der Waals surface area contributed by atoms with Crippen LogP contribution in [0.5, 0.6) is 0 Å². The third-order valence-corrected chi connectivity index (χ3v) is 1.22. The van der Waals surface area contributed by atoms with E-state index in [0.717, 1.165) is 0 Å². The van der Waals surface area contributed by atoms with E-state index in [1.807, 2.05) is 0 Å². The minimum Gasteiger partial charge on any atom is -0.544 e. The minimum atomic E-state index is -1.11. The lowest BCUT2D eigenvalue weighted by atomic mass is 10.7. The Morgan fingerprint density at radius 1 is 0.306 bits per heavy atom. The molecular formula is C18H54N6O12. The van der Waals surface area contributed by atoms with Gasteiger partial charge in [-0.2, -0.15) is 0 Å². The van der Waals surface area contributed by atoms with E-state index in [2.05, 4.69) is 34.4 Å². The van der Waals surface area contributed by atoms with Gasteiger partial charge in [-0.1, -0.05) is 44.6 Å². The van der Waals surface area contributed by atoms with Crippen LogP contribution in [0.25, 0.3) is 0 Å². The number of carbonyl (C=O) groups is 6. The maximum absolute atomic E-state index is 9.19. The first-order chi connectivity index (χ1) is 13.6. The highest BCUT2D eigenvalue weighted by Gasteiger charge is 1.71. The Kier molecular flexibility index (Phi) is 149. The largest absolute Gasteiger partial charge is 0.544 e. The Balaban J connectivity index is -0.0000000186. The van der Waals surface area contributed by atoms with Gasteiger partial charge in [-0.3, -0.25) is 0 Å². The quantitative estimate of drug-likeness (QED) is 0.181. The molecule has 0 aromatic rings. The Bertz CT molecular complexity index is 373. The van der Waals surface area contributed by atoms with Crippen LogP contribution < -0.4 is 65.0 Å². The molecule has 0 unspecified atom stereocenters. The summed E-state index contributed by atoms with van der Waals surface area (Å²) in [5.74, 6) is -6.64. The van der Waals surface area contributed by atoms with Crippen LogP contribution in [0.2, 0.25) is 0 Å². The average Bonchev–Trinajstić information content (AvgIpc) is 2.69. The van der Waals surface area contributed by atoms with Crippen molar-refractivity contribution >= 4 is 35.8 Å². The summed E-state index contributed by atoms with van der Waals surface area (Å²) in [4.78, 5) is 55.2. The van der Waals surface area contributed by atoms with Gasteiger partial charge < -0.3 is 93.8 Å². The summed E-state index contributed by atoms with van der Waals surface area (Å²) >= 11 is 0. The molecule has 0 spiro atoms. The number of hydrogen-bond acceptors (Lipinski definition) is 12. The van der Waals surface area contributed by atoms with Crippen LogP contribution in [0.4, 0.5) is 0 Å². The first-order valence-corrected chi connectivity index (χ1v) is 7.57. The molecule has 0 radical (unpaired) electrons. The summed E-state index contributed by atoms with van der Waals surface area (Å²) in [6.07, 6.45) is 0. The highest BCUT2D eigenvalue weighted by Crippen LogP contribution is 1.31. The molecule has 0 aromatic heterocycles. The first-order valence-electron chi connectivity index (χ1n) is 7.57. The Hall–Kier alpha value is -3.42. The van der Waals surface area contributed by atoms with E-state index in [9.17, 15) is 59.4 Å². The molecule has 0 heterocycles. The van der Waals surface area contributed by atoms with Gasteiger partial charge in [0.2, 0.25) is 0 Å². The smallest absolute Gasteiger partial charge is 0.114 e. The summed E-state index contributed by atoms with van der Waals surface area (Å²) in [5.41, 5.74) is 18.1. The molecule has 0 rings (SSSR count). The number of carboxylic acid groups (broad SMARTS) is 6. The van der Waals surface area contributed by atoms with E-state index in [1.54, 1.807) is 0 Å². The number of carboxylic acids is 6. The van der Waals surface area contributed by atoms with Crippen molar-refractivity contribution in [3.63, 3.8) is 0 Å². The van der Waals surface area contributed by atoms with E-state index in [1.165, 1.54) is 0 Å². The molecule has 0 bridgehead atoms. The number of quaternary nitrogens is 6. The second-order valence-corrected chi connectivity index (χ2v) is 3.73. The summed E-state index contributed by atoms with van der Waals surface area (Å²) < 4.78 is 0. The molecule has 0 atom stereocenters. The molecule has 0 aliphatic heterocycles. The van der Waals surface area contributed by atoms with Gasteiger partial charge in [0.05, 0.1) is 35.8 Å². The van der Waals surface area contributed by atoms with Crippen molar-refractivity contribution in [1.29, 1.82) is 0 Å².